The van der Waals surface area contributed by atoms with Gasteiger partial charge in [0.1, 0.15) is 12.4 Å². The fourth-order valence-electron chi connectivity index (χ4n) is 4.17. The van der Waals surface area contributed by atoms with Crippen molar-refractivity contribution in [2.24, 2.45) is 0 Å². The number of anilines is 3. The molecule has 0 aliphatic rings. The molecule has 0 fully saturated rings. The first-order chi connectivity index (χ1) is 20.6. The fraction of sp³-hybridized carbons (Fsp3) is 0.0323. The van der Waals surface area contributed by atoms with Crippen molar-refractivity contribution in [1.29, 1.82) is 0 Å². The Morgan fingerprint density at radius 3 is 2.48 bits per heavy atom. The van der Waals surface area contributed by atoms with Crippen LogP contribution in [0.5, 0.6) is 5.75 Å². The summed E-state index contributed by atoms with van der Waals surface area (Å²) in [7, 11) is 0. The molecule has 0 radical (unpaired) electrons. The molecule has 10 nitrogen and oxygen atoms in total. The van der Waals surface area contributed by atoms with Crippen molar-refractivity contribution in [3.63, 3.8) is 0 Å². The fourth-order valence-corrected chi connectivity index (χ4v) is 4.39. The highest BCUT2D eigenvalue weighted by Gasteiger charge is 2.08. The molecule has 42 heavy (non-hydrogen) atoms. The van der Waals surface area contributed by atoms with Crippen molar-refractivity contribution < 1.29 is 4.74 Å². The Morgan fingerprint density at radius 2 is 1.67 bits per heavy atom. The maximum atomic E-state index is 6.07. The predicted octanol–water partition coefficient (Wildman–Crippen LogP) is 5.72. The molecule has 3 aromatic carbocycles. The third-order valence-corrected chi connectivity index (χ3v) is 6.45. The number of hydrogen-bond donors (Lipinski definition) is 3. The number of nitrogen functional groups attached to an aromatic ring is 1. The summed E-state index contributed by atoms with van der Waals surface area (Å²) in [5.74, 6) is 1.93. The number of rotatable bonds is 8. The number of thiocarbonyl (C=S) groups is 1. The van der Waals surface area contributed by atoms with Crippen molar-refractivity contribution in [1.82, 2.24) is 29.8 Å². The molecule has 0 saturated heterocycles. The molecular formula is C31H25N9OS. The van der Waals surface area contributed by atoms with Crippen LogP contribution in [0.1, 0.15) is 16.8 Å². The van der Waals surface area contributed by atoms with Gasteiger partial charge in [-0.05, 0) is 60.3 Å². The highest BCUT2D eigenvalue weighted by molar-refractivity contribution is 7.80. The molecule has 0 bridgehead atoms. The van der Waals surface area contributed by atoms with E-state index >= 15 is 0 Å². The van der Waals surface area contributed by atoms with Crippen molar-refractivity contribution >= 4 is 52.7 Å². The van der Waals surface area contributed by atoms with Crippen molar-refractivity contribution in [3.8, 4) is 17.0 Å². The van der Waals surface area contributed by atoms with E-state index < -0.39 is 0 Å². The second-order valence-electron chi connectivity index (χ2n) is 9.15. The van der Waals surface area contributed by atoms with E-state index in [2.05, 4.69) is 35.9 Å². The lowest BCUT2D eigenvalue weighted by Crippen LogP contribution is -2.21. The van der Waals surface area contributed by atoms with E-state index in [1.165, 1.54) is 0 Å². The van der Waals surface area contributed by atoms with E-state index in [4.69, 9.17) is 22.7 Å². The van der Waals surface area contributed by atoms with E-state index in [0.717, 1.165) is 39.5 Å². The van der Waals surface area contributed by atoms with Gasteiger partial charge in [-0.3, -0.25) is 0 Å². The number of para-hydroxylation sites is 1. The number of nitrogens with zero attached hydrogens (tertiary/aromatic N) is 6. The van der Waals surface area contributed by atoms with Crippen LogP contribution in [-0.4, -0.2) is 34.9 Å². The number of benzene rings is 3. The molecule has 3 heterocycles. The van der Waals surface area contributed by atoms with Crippen LogP contribution in [0.15, 0.2) is 103 Å². The molecule has 3 aromatic heterocycles. The highest BCUT2D eigenvalue weighted by atomic mass is 32.1. The maximum Gasteiger partial charge on any atom is 0.254 e. The zero-order chi connectivity index (χ0) is 28.7. The largest absolute Gasteiger partial charge is 0.489 e. The van der Waals surface area contributed by atoms with Crippen LogP contribution < -0.4 is 21.1 Å². The minimum absolute atomic E-state index is 0.183. The van der Waals surface area contributed by atoms with Gasteiger partial charge < -0.3 is 21.1 Å². The van der Waals surface area contributed by atoms with Crippen LogP contribution in [0.25, 0.3) is 29.2 Å². The first-order valence-electron chi connectivity index (χ1n) is 13.0. The van der Waals surface area contributed by atoms with Crippen LogP contribution in [-0.2, 0) is 6.61 Å². The molecule has 0 unspecified atom stereocenters. The van der Waals surface area contributed by atoms with Gasteiger partial charge in [-0.2, -0.15) is 9.50 Å². The molecule has 11 heteroatoms. The van der Waals surface area contributed by atoms with Crippen molar-refractivity contribution in [2.75, 3.05) is 16.4 Å². The van der Waals surface area contributed by atoms with E-state index in [1.807, 2.05) is 109 Å². The summed E-state index contributed by atoms with van der Waals surface area (Å²) in [6.45, 7) is 0.356. The molecule has 0 aliphatic carbocycles. The van der Waals surface area contributed by atoms with E-state index in [1.54, 1.807) is 10.7 Å². The molecule has 6 rings (SSSR count). The summed E-state index contributed by atoms with van der Waals surface area (Å²) < 4.78 is 7.67. The third-order valence-electron chi connectivity index (χ3n) is 6.25. The van der Waals surface area contributed by atoms with Gasteiger partial charge in [0.05, 0.1) is 11.4 Å². The van der Waals surface area contributed by atoms with Gasteiger partial charge in [0.15, 0.2) is 10.9 Å². The zero-order valence-electron chi connectivity index (χ0n) is 22.3. The molecular weight excluding hydrogens is 546 g/mol. The van der Waals surface area contributed by atoms with Crippen molar-refractivity contribution in [2.45, 2.75) is 6.61 Å². The van der Waals surface area contributed by atoms with Gasteiger partial charge in [-0.25, -0.2) is 4.98 Å². The Balaban J connectivity index is 1.05. The summed E-state index contributed by atoms with van der Waals surface area (Å²) in [6.07, 6.45) is 5.58. The smallest absolute Gasteiger partial charge is 0.254 e. The topological polar surface area (TPSA) is 128 Å². The van der Waals surface area contributed by atoms with Gasteiger partial charge in [0.2, 0.25) is 5.95 Å². The molecule has 0 aliphatic heterocycles. The lowest BCUT2D eigenvalue weighted by molar-refractivity contribution is 0.307. The lowest BCUT2D eigenvalue weighted by atomic mass is 10.1. The predicted molar refractivity (Wildman–Crippen MR) is 169 cm³/mol. The third kappa shape index (κ3) is 6.37. The van der Waals surface area contributed by atoms with Crippen LogP contribution in [0.4, 0.5) is 17.5 Å². The number of ether oxygens (including phenoxy) is 1. The number of nitrogens with one attached hydrogen (secondary N) is 2. The summed E-state index contributed by atoms with van der Waals surface area (Å²) in [6, 6.07) is 31.1. The normalized spacial score (nSPS) is 11.0. The first-order valence-corrected chi connectivity index (χ1v) is 13.4. The SMILES string of the molecule is Nc1nc2nccc(C=Cc3ccc(OCc4ccccc4NC(=S)Nc4ccc(-c5ccccc5)nn4)cc3)n2n1. The molecule has 0 atom stereocenters. The Hall–Kier alpha value is -5.68. The summed E-state index contributed by atoms with van der Waals surface area (Å²) >= 11 is 5.53. The average Bonchev–Trinajstić information content (AvgIpc) is 3.42. The van der Waals surface area contributed by atoms with Gasteiger partial charge in [-0.15, -0.1) is 15.3 Å². The number of fused-ring (bicyclic) bond motifs is 1. The Labute approximate surface area is 246 Å². The Kier molecular flexibility index (Phi) is 7.73. The second-order valence-corrected chi connectivity index (χ2v) is 9.56. The monoisotopic (exact) mass is 571 g/mol. The van der Waals surface area contributed by atoms with Gasteiger partial charge in [0.25, 0.3) is 5.78 Å². The summed E-state index contributed by atoms with van der Waals surface area (Å²) in [5, 5.41) is 19.5. The molecule has 6 aromatic rings. The molecule has 4 N–H and O–H groups in total. The quantitative estimate of drug-likeness (QED) is 0.195. The summed E-state index contributed by atoms with van der Waals surface area (Å²) in [5.41, 5.74) is 11.1. The number of aromatic nitrogens is 6. The van der Waals surface area contributed by atoms with Crippen LogP contribution in [0, 0.1) is 0 Å². The second kappa shape index (κ2) is 12.2. The molecule has 0 spiro atoms. The van der Waals surface area contributed by atoms with E-state index in [0.29, 0.717) is 23.3 Å². The van der Waals surface area contributed by atoms with Crippen LogP contribution >= 0.6 is 12.2 Å². The van der Waals surface area contributed by atoms with Crippen LogP contribution in [0.2, 0.25) is 0 Å². The number of nitrogens with two attached hydrogens (primary N) is 1. The molecule has 0 amide bonds. The lowest BCUT2D eigenvalue weighted by Gasteiger charge is -2.14. The Bertz CT molecular complexity index is 1850. The standard InChI is InChI=1S/C31H25N9OS/c32-29-36-30-33-19-18-24(40(30)39-29)13-10-21-11-14-25(15-12-21)41-20-23-8-4-5-9-26(23)34-31(42)35-28-17-16-27(37-38-28)22-6-2-1-3-7-22/h1-19H,20H2,(H2,32,39)(H2,34,35,38,42). The zero-order valence-corrected chi connectivity index (χ0v) is 23.1. The van der Waals surface area contributed by atoms with E-state index in [9.17, 15) is 0 Å². The van der Waals surface area contributed by atoms with Gasteiger partial charge >= 0.3 is 0 Å². The highest BCUT2D eigenvalue weighted by Crippen LogP contribution is 2.21. The summed E-state index contributed by atoms with van der Waals surface area (Å²) in [4.78, 5) is 8.25. The molecule has 206 valence electrons. The maximum absolute atomic E-state index is 6.07. The average molecular weight is 572 g/mol. The van der Waals surface area contributed by atoms with Crippen LogP contribution in [0.3, 0.4) is 0 Å². The van der Waals surface area contributed by atoms with Crippen molar-refractivity contribution in [3.05, 3.63) is 120 Å². The van der Waals surface area contributed by atoms with Gasteiger partial charge in [0, 0.05) is 23.0 Å². The molecule has 0 saturated carbocycles. The first kappa shape index (κ1) is 26.5. The van der Waals surface area contributed by atoms with E-state index in [-0.39, 0.29) is 5.95 Å². The number of hydrogen-bond acceptors (Lipinski definition) is 8. The minimum Gasteiger partial charge on any atom is -0.489 e. The Morgan fingerprint density at radius 1 is 0.857 bits per heavy atom. The minimum atomic E-state index is 0.183. The van der Waals surface area contributed by atoms with Gasteiger partial charge in [-0.1, -0.05) is 66.7 Å².